The normalized spacial score (nSPS) is 12.2. The van der Waals surface area contributed by atoms with Crippen LogP contribution in [0.2, 0.25) is 0 Å². The standard InChI is InChI=1S/C16H28N2O2/c1-5-6-10-18(11-12-19)14-8-7-9-15(20-4)16(14)13(2)17-3/h7-9,13,17,19H,5-6,10-12H2,1-4H3. The molecule has 0 aliphatic carbocycles. The molecule has 0 spiro atoms. The number of ether oxygens (including phenoxy) is 1. The smallest absolute Gasteiger partial charge is 0.125 e. The number of hydrogen-bond donors (Lipinski definition) is 2. The van der Waals surface area contributed by atoms with Crippen molar-refractivity contribution in [1.29, 1.82) is 0 Å². The molecule has 0 aromatic heterocycles. The SMILES string of the molecule is CCCCN(CCO)c1cccc(OC)c1C(C)NC. The lowest BCUT2D eigenvalue weighted by molar-refractivity contribution is 0.301. The fourth-order valence-corrected chi connectivity index (χ4v) is 2.39. The molecule has 20 heavy (non-hydrogen) atoms. The molecule has 0 amide bonds. The van der Waals surface area contributed by atoms with Crippen molar-refractivity contribution < 1.29 is 9.84 Å². The van der Waals surface area contributed by atoms with Gasteiger partial charge in [-0.05, 0) is 32.5 Å². The number of benzene rings is 1. The van der Waals surface area contributed by atoms with Crippen molar-refractivity contribution in [1.82, 2.24) is 5.32 Å². The first kappa shape index (κ1) is 16.8. The lowest BCUT2D eigenvalue weighted by Crippen LogP contribution is -2.30. The summed E-state index contributed by atoms with van der Waals surface area (Å²) in [5.41, 5.74) is 2.30. The van der Waals surface area contributed by atoms with E-state index in [9.17, 15) is 5.11 Å². The Morgan fingerprint density at radius 1 is 1.35 bits per heavy atom. The zero-order valence-electron chi connectivity index (χ0n) is 13.1. The second-order valence-corrected chi connectivity index (χ2v) is 4.97. The number of nitrogens with zero attached hydrogens (tertiary/aromatic N) is 1. The molecule has 1 rings (SSSR count). The van der Waals surface area contributed by atoms with Gasteiger partial charge in [0.2, 0.25) is 0 Å². The van der Waals surface area contributed by atoms with Gasteiger partial charge in [0, 0.05) is 30.4 Å². The van der Waals surface area contributed by atoms with Crippen LogP contribution < -0.4 is 15.0 Å². The van der Waals surface area contributed by atoms with Crippen molar-refractivity contribution in [2.45, 2.75) is 32.7 Å². The molecule has 0 aliphatic rings. The zero-order chi connectivity index (χ0) is 15.0. The molecule has 0 fully saturated rings. The van der Waals surface area contributed by atoms with Gasteiger partial charge in [-0.15, -0.1) is 0 Å². The first-order valence-electron chi connectivity index (χ1n) is 7.39. The first-order valence-corrected chi connectivity index (χ1v) is 7.39. The Morgan fingerprint density at radius 2 is 2.10 bits per heavy atom. The van der Waals surface area contributed by atoms with Gasteiger partial charge in [-0.25, -0.2) is 0 Å². The predicted molar refractivity (Wildman–Crippen MR) is 84.7 cm³/mol. The highest BCUT2D eigenvalue weighted by Crippen LogP contribution is 2.34. The minimum Gasteiger partial charge on any atom is -0.496 e. The minimum absolute atomic E-state index is 0.161. The summed E-state index contributed by atoms with van der Waals surface area (Å²) in [6, 6.07) is 6.31. The summed E-state index contributed by atoms with van der Waals surface area (Å²) in [5.74, 6) is 0.892. The Kier molecular flexibility index (Phi) is 7.41. The fourth-order valence-electron chi connectivity index (χ4n) is 2.39. The number of hydrogen-bond acceptors (Lipinski definition) is 4. The van der Waals surface area contributed by atoms with Crippen LogP contribution in [0.25, 0.3) is 0 Å². The predicted octanol–water partition coefficient (Wildman–Crippen LogP) is 2.57. The number of rotatable bonds is 9. The summed E-state index contributed by atoms with van der Waals surface area (Å²) in [6.45, 7) is 6.07. The second kappa shape index (κ2) is 8.82. The Hall–Kier alpha value is -1.26. The van der Waals surface area contributed by atoms with Gasteiger partial charge in [0.05, 0.1) is 13.7 Å². The van der Waals surface area contributed by atoms with Crippen LogP contribution in [-0.2, 0) is 0 Å². The third kappa shape index (κ3) is 4.12. The van der Waals surface area contributed by atoms with Crippen molar-refractivity contribution in [2.24, 2.45) is 0 Å². The second-order valence-electron chi connectivity index (χ2n) is 4.97. The summed E-state index contributed by atoms with van der Waals surface area (Å²) in [5, 5.41) is 12.6. The van der Waals surface area contributed by atoms with Gasteiger partial charge in [-0.2, -0.15) is 0 Å². The molecule has 0 saturated carbocycles. The van der Waals surface area contributed by atoms with Crippen LogP contribution in [0.3, 0.4) is 0 Å². The van der Waals surface area contributed by atoms with E-state index in [2.05, 4.69) is 30.1 Å². The maximum atomic E-state index is 9.32. The van der Waals surface area contributed by atoms with Crippen molar-refractivity contribution in [3.63, 3.8) is 0 Å². The summed E-state index contributed by atoms with van der Waals surface area (Å²) in [4.78, 5) is 2.25. The van der Waals surface area contributed by atoms with Crippen LogP contribution in [0.15, 0.2) is 18.2 Å². The molecule has 0 aliphatic heterocycles. The Morgan fingerprint density at radius 3 is 2.65 bits per heavy atom. The number of nitrogens with one attached hydrogen (secondary N) is 1. The van der Waals surface area contributed by atoms with Crippen molar-refractivity contribution >= 4 is 5.69 Å². The molecule has 1 aromatic rings. The van der Waals surface area contributed by atoms with E-state index in [1.807, 2.05) is 19.2 Å². The number of aliphatic hydroxyl groups is 1. The molecule has 114 valence electrons. The summed E-state index contributed by atoms with van der Waals surface area (Å²) < 4.78 is 5.51. The molecule has 1 unspecified atom stereocenters. The molecule has 0 radical (unpaired) electrons. The van der Waals surface area contributed by atoms with Crippen LogP contribution in [0.1, 0.15) is 38.3 Å². The van der Waals surface area contributed by atoms with E-state index in [-0.39, 0.29) is 12.6 Å². The third-order valence-corrected chi connectivity index (χ3v) is 3.62. The number of aliphatic hydroxyl groups excluding tert-OH is 1. The molecular formula is C16H28N2O2. The minimum atomic E-state index is 0.161. The fraction of sp³-hybridized carbons (Fsp3) is 0.625. The number of unbranched alkanes of at least 4 members (excludes halogenated alkanes) is 1. The molecule has 0 bridgehead atoms. The lowest BCUT2D eigenvalue weighted by Gasteiger charge is -2.29. The van der Waals surface area contributed by atoms with Gasteiger partial charge in [0.15, 0.2) is 0 Å². The summed E-state index contributed by atoms with van der Waals surface area (Å²) in [7, 11) is 3.65. The van der Waals surface area contributed by atoms with Crippen molar-refractivity contribution in [3.8, 4) is 5.75 Å². The quantitative estimate of drug-likeness (QED) is 0.730. The Bertz CT molecular complexity index is 396. The highest BCUT2D eigenvalue weighted by molar-refractivity contribution is 5.60. The van der Waals surface area contributed by atoms with Gasteiger partial charge in [0.25, 0.3) is 0 Å². The molecule has 2 N–H and O–H groups in total. The van der Waals surface area contributed by atoms with Crippen LogP contribution in [0.4, 0.5) is 5.69 Å². The van der Waals surface area contributed by atoms with Crippen molar-refractivity contribution in [3.05, 3.63) is 23.8 Å². The molecule has 4 nitrogen and oxygen atoms in total. The average molecular weight is 280 g/mol. The van der Waals surface area contributed by atoms with Crippen molar-refractivity contribution in [2.75, 3.05) is 38.8 Å². The third-order valence-electron chi connectivity index (χ3n) is 3.62. The number of anilines is 1. The van der Waals surface area contributed by atoms with E-state index in [0.717, 1.165) is 36.4 Å². The highest BCUT2D eigenvalue weighted by Gasteiger charge is 2.18. The van der Waals surface area contributed by atoms with Crippen LogP contribution in [0, 0.1) is 0 Å². The van der Waals surface area contributed by atoms with E-state index >= 15 is 0 Å². The van der Waals surface area contributed by atoms with E-state index in [0.29, 0.717) is 6.54 Å². The van der Waals surface area contributed by atoms with E-state index in [1.54, 1.807) is 7.11 Å². The van der Waals surface area contributed by atoms with Crippen LogP contribution >= 0.6 is 0 Å². The molecule has 4 heteroatoms. The number of methoxy groups -OCH3 is 1. The maximum absolute atomic E-state index is 9.32. The van der Waals surface area contributed by atoms with E-state index < -0.39 is 0 Å². The first-order chi connectivity index (χ1) is 9.69. The molecule has 1 aromatic carbocycles. The summed E-state index contributed by atoms with van der Waals surface area (Å²) in [6.07, 6.45) is 2.26. The molecular weight excluding hydrogens is 252 g/mol. The van der Waals surface area contributed by atoms with Gasteiger partial charge in [-0.3, -0.25) is 0 Å². The van der Waals surface area contributed by atoms with Gasteiger partial charge >= 0.3 is 0 Å². The molecule has 0 saturated heterocycles. The molecule has 0 heterocycles. The largest absolute Gasteiger partial charge is 0.496 e. The Labute approximate surface area is 122 Å². The average Bonchev–Trinajstić information content (AvgIpc) is 2.49. The van der Waals surface area contributed by atoms with E-state index in [1.165, 1.54) is 0 Å². The Balaban J connectivity index is 3.17. The van der Waals surface area contributed by atoms with Gasteiger partial charge in [0.1, 0.15) is 5.75 Å². The van der Waals surface area contributed by atoms with Gasteiger partial charge in [-0.1, -0.05) is 19.4 Å². The summed E-state index contributed by atoms with van der Waals surface area (Å²) >= 11 is 0. The van der Waals surface area contributed by atoms with Gasteiger partial charge < -0.3 is 20.1 Å². The monoisotopic (exact) mass is 280 g/mol. The molecule has 1 atom stereocenters. The topological polar surface area (TPSA) is 44.7 Å². The zero-order valence-corrected chi connectivity index (χ0v) is 13.1. The lowest BCUT2D eigenvalue weighted by atomic mass is 10.0. The van der Waals surface area contributed by atoms with E-state index in [4.69, 9.17) is 4.74 Å². The van der Waals surface area contributed by atoms with Crippen LogP contribution in [0.5, 0.6) is 5.75 Å². The van der Waals surface area contributed by atoms with Crippen LogP contribution in [-0.4, -0.2) is 39.0 Å². The maximum Gasteiger partial charge on any atom is 0.125 e. The highest BCUT2D eigenvalue weighted by atomic mass is 16.5.